The van der Waals surface area contributed by atoms with Crippen LogP contribution in [0.3, 0.4) is 0 Å². The number of ether oxygens (including phenoxy) is 1. The van der Waals surface area contributed by atoms with E-state index < -0.39 is 0 Å². The minimum absolute atomic E-state index is 0.201. The van der Waals surface area contributed by atoms with Crippen LogP contribution in [0, 0.1) is 11.3 Å². The van der Waals surface area contributed by atoms with Crippen LogP contribution in [-0.4, -0.2) is 6.10 Å². The summed E-state index contributed by atoms with van der Waals surface area (Å²) in [6, 6.07) is 9.34. The van der Waals surface area contributed by atoms with Gasteiger partial charge in [-0.05, 0) is 49.6 Å². The van der Waals surface area contributed by atoms with Gasteiger partial charge in [-0.2, -0.15) is 5.26 Å². The Hall–Kier alpha value is -1.75. The number of nitriles is 1. The van der Waals surface area contributed by atoms with E-state index in [1.54, 1.807) is 12.1 Å². The molecule has 1 aliphatic rings. The zero-order valence-corrected chi connectivity index (χ0v) is 8.52. The second-order valence-corrected chi connectivity index (χ2v) is 3.65. The molecule has 0 aromatic heterocycles. The molecule has 76 valence electrons. The molecule has 0 amide bonds. The summed E-state index contributed by atoms with van der Waals surface area (Å²) in [7, 11) is 0. The van der Waals surface area contributed by atoms with Crippen LogP contribution in [0.2, 0.25) is 0 Å². The molecule has 1 aliphatic carbocycles. The summed E-state index contributed by atoms with van der Waals surface area (Å²) in [4.78, 5) is 0. The normalized spacial score (nSPS) is 19.5. The molecule has 0 fully saturated rings. The van der Waals surface area contributed by atoms with E-state index in [4.69, 9.17) is 10.00 Å². The first-order valence-corrected chi connectivity index (χ1v) is 5.22. The van der Waals surface area contributed by atoms with Crippen LogP contribution in [0.1, 0.15) is 24.8 Å². The lowest BCUT2D eigenvalue weighted by Crippen LogP contribution is -2.15. The van der Waals surface area contributed by atoms with E-state index >= 15 is 0 Å². The molecule has 2 heteroatoms. The predicted molar refractivity (Wildman–Crippen MR) is 58.6 cm³/mol. The van der Waals surface area contributed by atoms with Gasteiger partial charge in [0.25, 0.3) is 0 Å². The van der Waals surface area contributed by atoms with Gasteiger partial charge in [-0.3, -0.25) is 0 Å². The molecule has 1 atom stereocenters. The number of nitrogens with zero attached hydrogens (tertiary/aromatic N) is 1. The maximum Gasteiger partial charge on any atom is 0.120 e. The first-order chi connectivity index (χ1) is 7.38. The summed E-state index contributed by atoms with van der Waals surface area (Å²) in [6.45, 7) is 0. The van der Waals surface area contributed by atoms with Crippen LogP contribution in [-0.2, 0) is 0 Å². The summed E-state index contributed by atoms with van der Waals surface area (Å²) in [5, 5.41) is 8.65. The lowest BCUT2D eigenvalue weighted by molar-refractivity contribution is 0.230. The lowest BCUT2D eigenvalue weighted by atomic mass is 10.1. The number of rotatable bonds is 2. The quantitative estimate of drug-likeness (QED) is 0.686. The van der Waals surface area contributed by atoms with Crippen LogP contribution in [0.25, 0.3) is 0 Å². The average Bonchev–Trinajstić information content (AvgIpc) is 2.31. The molecule has 0 radical (unpaired) electrons. The third kappa shape index (κ3) is 2.60. The van der Waals surface area contributed by atoms with Gasteiger partial charge < -0.3 is 4.74 Å². The van der Waals surface area contributed by atoms with Gasteiger partial charge in [-0.1, -0.05) is 6.08 Å². The maximum absolute atomic E-state index is 8.65. The fourth-order valence-corrected chi connectivity index (χ4v) is 1.66. The molecular formula is C13H13NO. The largest absolute Gasteiger partial charge is 0.486 e. The van der Waals surface area contributed by atoms with Gasteiger partial charge in [0.05, 0.1) is 11.6 Å². The summed E-state index contributed by atoms with van der Waals surface area (Å²) < 4.78 is 5.76. The monoisotopic (exact) mass is 199 g/mol. The highest BCUT2D eigenvalue weighted by Crippen LogP contribution is 2.19. The topological polar surface area (TPSA) is 33.0 Å². The van der Waals surface area contributed by atoms with Crippen molar-refractivity contribution in [1.82, 2.24) is 0 Å². The van der Waals surface area contributed by atoms with E-state index in [1.165, 1.54) is 6.42 Å². The standard InChI is InChI=1S/C13H13NO/c14-10-11-6-8-13(9-7-11)15-12-4-2-1-3-5-12/h2,4,6-9,12H,1,3,5H2. The summed E-state index contributed by atoms with van der Waals surface area (Å²) in [6.07, 6.45) is 7.91. The lowest BCUT2D eigenvalue weighted by Gasteiger charge is -2.18. The molecule has 1 unspecified atom stereocenters. The summed E-state index contributed by atoms with van der Waals surface area (Å²) in [5.74, 6) is 0.838. The van der Waals surface area contributed by atoms with Crippen molar-refractivity contribution in [3.05, 3.63) is 42.0 Å². The Morgan fingerprint density at radius 2 is 2.07 bits per heavy atom. The van der Waals surface area contributed by atoms with E-state index in [0.717, 1.165) is 18.6 Å². The van der Waals surface area contributed by atoms with Gasteiger partial charge >= 0.3 is 0 Å². The number of benzene rings is 1. The van der Waals surface area contributed by atoms with Crippen LogP contribution in [0.5, 0.6) is 5.75 Å². The Morgan fingerprint density at radius 1 is 1.27 bits per heavy atom. The van der Waals surface area contributed by atoms with Gasteiger partial charge in [-0.25, -0.2) is 0 Å². The van der Waals surface area contributed by atoms with Crippen molar-refractivity contribution in [3.8, 4) is 11.8 Å². The van der Waals surface area contributed by atoms with Crippen LogP contribution in [0.15, 0.2) is 36.4 Å². The highest BCUT2D eigenvalue weighted by atomic mass is 16.5. The summed E-state index contributed by atoms with van der Waals surface area (Å²) >= 11 is 0. The fourth-order valence-electron chi connectivity index (χ4n) is 1.66. The molecule has 0 bridgehead atoms. The second-order valence-electron chi connectivity index (χ2n) is 3.65. The van der Waals surface area contributed by atoms with Crippen molar-refractivity contribution < 1.29 is 4.74 Å². The Morgan fingerprint density at radius 3 is 2.67 bits per heavy atom. The van der Waals surface area contributed by atoms with Crippen molar-refractivity contribution in [2.75, 3.05) is 0 Å². The van der Waals surface area contributed by atoms with Crippen molar-refractivity contribution >= 4 is 0 Å². The Kier molecular flexibility index (Phi) is 3.04. The van der Waals surface area contributed by atoms with Crippen molar-refractivity contribution in [3.63, 3.8) is 0 Å². The Balaban J connectivity index is 2.01. The van der Waals surface area contributed by atoms with Gasteiger partial charge in [0.15, 0.2) is 0 Å². The maximum atomic E-state index is 8.65. The third-order valence-corrected chi connectivity index (χ3v) is 2.48. The van der Waals surface area contributed by atoms with Gasteiger partial charge in [0.2, 0.25) is 0 Å². The first kappa shape index (κ1) is 9.79. The number of allylic oxidation sites excluding steroid dienone is 1. The van der Waals surface area contributed by atoms with E-state index in [9.17, 15) is 0 Å². The van der Waals surface area contributed by atoms with Crippen LogP contribution in [0.4, 0.5) is 0 Å². The zero-order valence-electron chi connectivity index (χ0n) is 8.52. The number of hydrogen-bond donors (Lipinski definition) is 0. The SMILES string of the molecule is N#Cc1ccc(OC2C=CCCC2)cc1. The fraction of sp³-hybridized carbons (Fsp3) is 0.308. The van der Waals surface area contributed by atoms with Crippen molar-refractivity contribution in [2.45, 2.75) is 25.4 Å². The van der Waals surface area contributed by atoms with Crippen molar-refractivity contribution in [1.29, 1.82) is 5.26 Å². The predicted octanol–water partition coefficient (Wildman–Crippen LogP) is 3.05. The van der Waals surface area contributed by atoms with Gasteiger partial charge in [0.1, 0.15) is 11.9 Å². The Labute approximate surface area is 89.8 Å². The molecule has 0 N–H and O–H groups in total. The molecule has 0 saturated heterocycles. The molecule has 0 saturated carbocycles. The van der Waals surface area contributed by atoms with E-state index in [0.29, 0.717) is 5.56 Å². The molecular weight excluding hydrogens is 186 g/mol. The van der Waals surface area contributed by atoms with E-state index in [2.05, 4.69) is 18.2 Å². The molecule has 1 aromatic carbocycles. The zero-order chi connectivity index (χ0) is 10.5. The molecule has 15 heavy (non-hydrogen) atoms. The van der Waals surface area contributed by atoms with Crippen LogP contribution >= 0.6 is 0 Å². The van der Waals surface area contributed by atoms with Crippen molar-refractivity contribution in [2.24, 2.45) is 0 Å². The Bertz CT molecular complexity index is 386. The van der Waals surface area contributed by atoms with Crippen LogP contribution < -0.4 is 4.74 Å². The molecule has 2 nitrogen and oxygen atoms in total. The molecule has 2 rings (SSSR count). The summed E-state index contributed by atoms with van der Waals surface area (Å²) in [5.41, 5.74) is 0.668. The highest BCUT2D eigenvalue weighted by Gasteiger charge is 2.09. The number of hydrogen-bond acceptors (Lipinski definition) is 2. The first-order valence-electron chi connectivity index (χ1n) is 5.22. The molecule has 0 heterocycles. The second kappa shape index (κ2) is 4.65. The van der Waals surface area contributed by atoms with E-state index in [-0.39, 0.29) is 6.10 Å². The van der Waals surface area contributed by atoms with Gasteiger partial charge in [-0.15, -0.1) is 0 Å². The third-order valence-electron chi connectivity index (χ3n) is 2.48. The molecule has 1 aromatic rings. The van der Waals surface area contributed by atoms with E-state index in [1.807, 2.05) is 12.1 Å². The highest BCUT2D eigenvalue weighted by molar-refractivity contribution is 5.34. The smallest absolute Gasteiger partial charge is 0.120 e. The molecule has 0 aliphatic heterocycles. The minimum atomic E-state index is 0.201. The minimum Gasteiger partial charge on any atom is -0.486 e. The average molecular weight is 199 g/mol. The molecule has 0 spiro atoms. The van der Waals surface area contributed by atoms with Gasteiger partial charge in [0, 0.05) is 0 Å².